The van der Waals surface area contributed by atoms with Crippen molar-refractivity contribution in [3.63, 3.8) is 0 Å². The van der Waals surface area contributed by atoms with Gasteiger partial charge >= 0.3 is 0 Å². The summed E-state index contributed by atoms with van der Waals surface area (Å²) in [6.45, 7) is 5.38. The summed E-state index contributed by atoms with van der Waals surface area (Å²) in [6, 6.07) is 11.2. The van der Waals surface area contributed by atoms with Gasteiger partial charge in [0, 0.05) is 31.7 Å². The van der Waals surface area contributed by atoms with Crippen LogP contribution in [0.4, 0.5) is 5.69 Å². The Bertz CT molecular complexity index is 844. The Labute approximate surface area is 188 Å². The molecule has 1 saturated heterocycles. The number of unbranched alkanes of at least 4 members (excludes halogenated alkanes) is 2. The van der Waals surface area contributed by atoms with Crippen molar-refractivity contribution in [3.8, 4) is 11.5 Å². The molecule has 0 saturated carbocycles. The second-order valence-electron chi connectivity index (χ2n) is 7.28. The van der Waals surface area contributed by atoms with Crippen molar-refractivity contribution in [2.45, 2.75) is 26.2 Å². The van der Waals surface area contributed by atoms with Crippen LogP contribution in [0.2, 0.25) is 10.0 Å². The SMILES string of the molecule is CCCCCOc1c(Cl)cc(C(=O)N2CCN(c3ccccc3OC)CC2)cc1Cl. The van der Waals surface area contributed by atoms with Gasteiger partial charge in [-0.25, -0.2) is 0 Å². The van der Waals surface area contributed by atoms with E-state index in [2.05, 4.69) is 11.8 Å². The number of para-hydroxylation sites is 2. The van der Waals surface area contributed by atoms with E-state index in [-0.39, 0.29) is 5.91 Å². The molecule has 1 heterocycles. The summed E-state index contributed by atoms with van der Waals surface area (Å²) in [7, 11) is 1.67. The highest BCUT2D eigenvalue weighted by atomic mass is 35.5. The summed E-state index contributed by atoms with van der Waals surface area (Å²) >= 11 is 12.7. The number of hydrogen-bond acceptors (Lipinski definition) is 4. The van der Waals surface area contributed by atoms with Gasteiger partial charge in [-0.05, 0) is 30.7 Å². The minimum absolute atomic E-state index is 0.0731. The molecular weight excluding hydrogens is 423 g/mol. The monoisotopic (exact) mass is 450 g/mol. The number of rotatable bonds is 8. The van der Waals surface area contributed by atoms with Crippen LogP contribution in [0.15, 0.2) is 36.4 Å². The van der Waals surface area contributed by atoms with Gasteiger partial charge in [0.05, 0.1) is 29.4 Å². The Morgan fingerprint density at radius 3 is 2.33 bits per heavy atom. The molecule has 162 valence electrons. The lowest BCUT2D eigenvalue weighted by Crippen LogP contribution is -2.48. The average Bonchev–Trinajstić information content (AvgIpc) is 2.77. The van der Waals surface area contributed by atoms with E-state index in [1.807, 2.05) is 29.2 Å². The van der Waals surface area contributed by atoms with Gasteiger partial charge in [-0.3, -0.25) is 4.79 Å². The van der Waals surface area contributed by atoms with Crippen LogP contribution in [-0.2, 0) is 0 Å². The van der Waals surface area contributed by atoms with Gasteiger partial charge in [-0.15, -0.1) is 0 Å². The number of carbonyl (C=O) groups excluding carboxylic acids is 1. The molecule has 3 rings (SSSR count). The summed E-state index contributed by atoms with van der Waals surface area (Å²) in [6.07, 6.45) is 3.15. The number of methoxy groups -OCH3 is 1. The van der Waals surface area contributed by atoms with E-state index in [4.69, 9.17) is 32.7 Å². The molecular formula is C23H28Cl2N2O3. The van der Waals surface area contributed by atoms with Crippen molar-refractivity contribution in [1.29, 1.82) is 0 Å². The number of benzene rings is 2. The van der Waals surface area contributed by atoms with Crippen LogP contribution in [0.3, 0.4) is 0 Å². The summed E-state index contributed by atoms with van der Waals surface area (Å²) in [4.78, 5) is 17.1. The normalized spacial score (nSPS) is 14.0. The van der Waals surface area contributed by atoms with Gasteiger partial charge < -0.3 is 19.3 Å². The van der Waals surface area contributed by atoms with Crippen molar-refractivity contribution in [2.75, 3.05) is 44.8 Å². The third-order valence-electron chi connectivity index (χ3n) is 5.23. The minimum Gasteiger partial charge on any atom is -0.495 e. The molecule has 1 fully saturated rings. The summed E-state index contributed by atoms with van der Waals surface area (Å²) < 4.78 is 11.2. The number of piperazine rings is 1. The third kappa shape index (κ3) is 5.32. The fourth-order valence-electron chi connectivity index (χ4n) is 3.57. The Morgan fingerprint density at radius 1 is 1.03 bits per heavy atom. The van der Waals surface area contributed by atoms with Gasteiger partial charge in [0.25, 0.3) is 5.91 Å². The van der Waals surface area contributed by atoms with Crippen LogP contribution in [0.1, 0.15) is 36.5 Å². The van der Waals surface area contributed by atoms with E-state index in [0.717, 1.165) is 43.8 Å². The van der Waals surface area contributed by atoms with E-state index >= 15 is 0 Å². The van der Waals surface area contributed by atoms with Crippen LogP contribution in [0.5, 0.6) is 11.5 Å². The number of nitrogens with zero attached hydrogens (tertiary/aromatic N) is 2. The topological polar surface area (TPSA) is 42.0 Å². The van der Waals surface area contributed by atoms with Crippen molar-refractivity contribution in [2.24, 2.45) is 0 Å². The molecule has 0 spiro atoms. The zero-order valence-corrected chi connectivity index (χ0v) is 19.0. The number of hydrogen-bond donors (Lipinski definition) is 0. The standard InChI is InChI=1S/C23H28Cl2N2O3/c1-3-4-7-14-30-22-18(24)15-17(16-19(22)25)23(28)27-12-10-26(11-13-27)20-8-5-6-9-21(20)29-2/h5-6,8-9,15-16H,3-4,7,10-14H2,1-2H3. The Balaban J connectivity index is 1.63. The predicted octanol–water partition coefficient (Wildman–Crippen LogP) is 5.53. The second kappa shape index (κ2) is 10.8. The smallest absolute Gasteiger partial charge is 0.254 e. The molecule has 0 radical (unpaired) electrons. The average molecular weight is 451 g/mol. The lowest BCUT2D eigenvalue weighted by Gasteiger charge is -2.36. The van der Waals surface area contributed by atoms with Gasteiger partial charge in [0.2, 0.25) is 0 Å². The van der Waals surface area contributed by atoms with Crippen LogP contribution in [0.25, 0.3) is 0 Å². The number of carbonyl (C=O) groups is 1. The first kappa shape index (κ1) is 22.6. The molecule has 0 aliphatic carbocycles. The molecule has 0 aromatic heterocycles. The molecule has 0 N–H and O–H groups in total. The molecule has 1 aliphatic rings. The quantitative estimate of drug-likeness (QED) is 0.495. The number of anilines is 1. The summed E-state index contributed by atoms with van der Waals surface area (Å²) in [5.41, 5.74) is 1.53. The maximum Gasteiger partial charge on any atom is 0.254 e. The maximum absolute atomic E-state index is 13.0. The first-order chi connectivity index (χ1) is 14.5. The van der Waals surface area contributed by atoms with Crippen molar-refractivity contribution in [1.82, 2.24) is 4.90 Å². The Kier molecular flexibility index (Phi) is 8.11. The van der Waals surface area contributed by atoms with E-state index < -0.39 is 0 Å². The lowest BCUT2D eigenvalue weighted by atomic mass is 10.1. The van der Waals surface area contributed by atoms with E-state index in [0.29, 0.717) is 41.1 Å². The van der Waals surface area contributed by atoms with Crippen LogP contribution >= 0.6 is 23.2 Å². The van der Waals surface area contributed by atoms with Gasteiger partial charge in [-0.2, -0.15) is 0 Å². The maximum atomic E-state index is 13.0. The molecule has 0 unspecified atom stereocenters. The first-order valence-corrected chi connectivity index (χ1v) is 11.1. The van der Waals surface area contributed by atoms with Crippen LogP contribution < -0.4 is 14.4 Å². The highest BCUT2D eigenvalue weighted by Gasteiger charge is 2.25. The van der Waals surface area contributed by atoms with E-state index in [1.54, 1.807) is 19.2 Å². The van der Waals surface area contributed by atoms with Gasteiger partial charge in [0.15, 0.2) is 5.75 Å². The Morgan fingerprint density at radius 2 is 1.70 bits per heavy atom. The zero-order valence-electron chi connectivity index (χ0n) is 17.5. The van der Waals surface area contributed by atoms with Gasteiger partial charge in [0.1, 0.15) is 5.75 Å². The lowest BCUT2D eigenvalue weighted by molar-refractivity contribution is 0.0746. The molecule has 1 amide bonds. The molecule has 0 bridgehead atoms. The van der Waals surface area contributed by atoms with E-state index in [9.17, 15) is 4.79 Å². The number of amides is 1. The Hall–Kier alpha value is -2.11. The molecule has 30 heavy (non-hydrogen) atoms. The molecule has 0 atom stereocenters. The highest BCUT2D eigenvalue weighted by molar-refractivity contribution is 6.37. The summed E-state index contributed by atoms with van der Waals surface area (Å²) in [5.74, 6) is 1.22. The van der Waals surface area contributed by atoms with Crippen molar-refractivity contribution in [3.05, 3.63) is 52.0 Å². The molecule has 2 aromatic carbocycles. The molecule has 2 aromatic rings. The molecule has 5 nitrogen and oxygen atoms in total. The van der Waals surface area contributed by atoms with Crippen molar-refractivity contribution < 1.29 is 14.3 Å². The van der Waals surface area contributed by atoms with Gasteiger partial charge in [-0.1, -0.05) is 55.1 Å². The largest absolute Gasteiger partial charge is 0.495 e. The van der Waals surface area contributed by atoms with Crippen molar-refractivity contribution >= 4 is 34.8 Å². The zero-order chi connectivity index (χ0) is 21.5. The highest BCUT2D eigenvalue weighted by Crippen LogP contribution is 2.35. The van der Waals surface area contributed by atoms with Crippen LogP contribution in [0, 0.1) is 0 Å². The first-order valence-electron chi connectivity index (χ1n) is 10.3. The fourth-order valence-corrected chi connectivity index (χ4v) is 4.17. The minimum atomic E-state index is -0.0731. The van der Waals surface area contributed by atoms with Crippen LogP contribution in [-0.4, -0.2) is 50.7 Å². The summed E-state index contributed by atoms with van der Waals surface area (Å²) in [5, 5.41) is 0.741. The number of ether oxygens (including phenoxy) is 2. The predicted molar refractivity (Wildman–Crippen MR) is 123 cm³/mol. The fraction of sp³-hybridized carbons (Fsp3) is 0.435. The number of halogens is 2. The van der Waals surface area contributed by atoms with E-state index in [1.165, 1.54) is 0 Å². The second-order valence-corrected chi connectivity index (χ2v) is 8.09. The molecule has 1 aliphatic heterocycles. The third-order valence-corrected chi connectivity index (χ3v) is 5.79. The molecule has 7 heteroatoms.